The highest BCUT2D eigenvalue weighted by Crippen LogP contribution is 2.31. The molecule has 0 heterocycles. The van der Waals surface area contributed by atoms with Gasteiger partial charge in [0.05, 0.1) is 12.0 Å². The molecule has 0 radical (unpaired) electrons. The standard InChI is InChI=1S/C16H21F3N2O3/c1-15(2,10-20-14(24)21(3)9-8-13(22)23)11-4-6-12(7-5-11)16(17,18)19/h4-7H,8-10H2,1-3H3,(H,20,24)(H,22,23). The number of carboxylic acids is 1. The second kappa shape index (κ2) is 7.55. The highest BCUT2D eigenvalue weighted by molar-refractivity contribution is 5.75. The Labute approximate surface area is 138 Å². The second-order valence-corrected chi connectivity index (χ2v) is 6.18. The van der Waals surface area contributed by atoms with Gasteiger partial charge in [-0.3, -0.25) is 4.79 Å². The zero-order valence-corrected chi connectivity index (χ0v) is 13.8. The third kappa shape index (κ3) is 5.75. The van der Waals surface area contributed by atoms with Crippen LogP contribution in [0.3, 0.4) is 0 Å². The SMILES string of the molecule is CN(CCC(=O)O)C(=O)NCC(C)(C)c1ccc(C(F)(F)F)cc1. The first kappa shape index (κ1) is 19.8. The van der Waals surface area contributed by atoms with Crippen molar-refractivity contribution in [1.82, 2.24) is 10.2 Å². The Morgan fingerprint density at radius 2 is 1.62 bits per heavy atom. The number of amides is 2. The molecule has 0 bridgehead atoms. The molecule has 0 fully saturated rings. The molecule has 1 aromatic carbocycles. The maximum Gasteiger partial charge on any atom is 0.416 e. The first-order chi connectivity index (χ1) is 10.9. The summed E-state index contributed by atoms with van der Waals surface area (Å²) < 4.78 is 37.8. The van der Waals surface area contributed by atoms with Crippen LogP contribution < -0.4 is 5.32 Å². The molecular formula is C16H21F3N2O3. The lowest BCUT2D eigenvalue weighted by Gasteiger charge is -2.27. The first-order valence-electron chi connectivity index (χ1n) is 7.32. The monoisotopic (exact) mass is 346 g/mol. The Morgan fingerprint density at radius 1 is 1.12 bits per heavy atom. The average molecular weight is 346 g/mol. The zero-order chi connectivity index (χ0) is 18.5. The van der Waals surface area contributed by atoms with Gasteiger partial charge < -0.3 is 15.3 Å². The number of benzene rings is 1. The molecule has 0 saturated heterocycles. The number of halogens is 3. The minimum atomic E-state index is -4.39. The molecule has 0 aliphatic carbocycles. The van der Waals surface area contributed by atoms with Gasteiger partial charge in [-0.25, -0.2) is 4.79 Å². The number of carbonyl (C=O) groups is 2. The molecule has 0 spiro atoms. The molecule has 2 amide bonds. The molecule has 0 atom stereocenters. The Morgan fingerprint density at radius 3 is 2.08 bits per heavy atom. The second-order valence-electron chi connectivity index (χ2n) is 6.18. The van der Waals surface area contributed by atoms with Crippen molar-refractivity contribution < 1.29 is 27.9 Å². The summed E-state index contributed by atoms with van der Waals surface area (Å²) in [5.74, 6) is -1.00. The summed E-state index contributed by atoms with van der Waals surface area (Å²) in [4.78, 5) is 23.6. The molecule has 1 rings (SSSR count). The maximum absolute atomic E-state index is 12.6. The van der Waals surface area contributed by atoms with Crippen LogP contribution in [-0.2, 0) is 16.4 Å². The van der Waals surface area contributed by atoms with Crippen LogP contribution >= 0.6 is 0 Å². The van der Waals surface area contributed by atoms with Gasteiger partial charge in [0.15, 0.2) is 0 Å². The van der Waals surface area contributed by atoms with Crippen molar-refractivity contribution >= 4 is 12.0 Å². The zero-order valence-electron chi connectivity index (χ0n) is 13.8. The van der Waals surface area contributed by atoms with E-state index < -0.39 is 29.2 Å². The average Bonchev–Trinajstić information content (AvgIpc) is 2.49. The van der Waals surface area contributed by atoms with Crippen molar-refractivity contribution in [2.45, 2.75) is 31.9 Å². The van der Waals surface area contributed by atoms with Gasteiger partial charge in [0.25, 0.3) is 0 Å². The summed E-state index contributed by atoms with van der Waals surface area (Å²) in [5.41, 5.74) is -0.642. The smallest absolute Gasteiger partial charge is 0.416 e. The van der Waals surface area contributed by atoms with Gasteiger partial charge >= 0.3 is 18.2 Å². The van der Waals surface area contributed by atoms with Gasteiger partial charge in [-0.1, -0.05) is 26.0 Å². The number of aliphatic carboxylic acids is 1. The fourth-order valence-corrected chi connectivity index (χ4v) is 2.01. The Kier molecular flexibility index (Phi) is 6.22. The predicted molar refractivity (Wildman–Crippen MR) is 82.8 cm³/mol. The van der Waals surface area contributed by atoms with E-state index in [4.69, 9.17) is 5.11 Å². The number of rotatable bonds is 6. The van der Waals surface area contributed by atoms with Gasteiger partial charge in [0.1, 0.15) is 0 Å². The van der Waals surface area contributed by atoms with E-state index in [9.17, 15) is 22.8 Å². The highest BCUT2D eigenvalue weighted by atomic mass is 19.4. The van der Waals surface area contributed by atoms with Crippen molar-refractivity contribution in [3.8, 4) is 0 Å². The molecule has 134 valence electrons. The molecular weight excluding hydrogens is 325 g/mol. The number of carboxylic acid groups (broad SMARTS) is 1. The van der Waals surface area contributed by atoms with E-state index in [2.05, 4.69) is 5.32 Å². The maximum atomic E-state index is 12.6. The summed E-state index contributed by atoms with van der Waals surface area (Å²) in [6, 6.07) is 4.37. The fraction of sp³-hybridized carbons (Fsp3) is 0.500. The van der Waals surface area contributed by atoms with Crippen molar-refractivity contribution in [3.05, 3.63) is 35.4 Å². The van der Waals surface area contributed by atoms with Crippen molar-refractivity contribution in [2.24, 2.45) is 0 Å². The summed E-state index contributed by atoms with van der Waals surface area (Å²) in [7, 11) is 1.48. The Hall–Kier alpha value is -2.25. The van der Waals surface area contributed by atoms with Crippen molar-refractivity contribution in [3.63, 3.8) is 0 Å². The molecule has 0 aliphatic heterocycles. The van der Waals surface area contributed by atoms with Crippen molar-refractivity contribution in [2.75, 3.05) is 20.1 Å². The topological polar surface area (TPSA) is 69.6 Å². The van der Waals surface area contributed by atoms with E-state index >= 15 is 0 Å². The lowest BCUT2D eigenvalue weighted by Crippen LogP contribution is -2.43. The number of nitrogens with zero attached hydrogens (tertiary/aromatic N) is 1. The number of alkyl halides is 3. The van der Waals surface area contributed by atoms with Crippen LogP contribution in [-0.4, -0.2) is 42.1 Å². The minimum Gasteiger partial charge on any atom is -0.481 e. The van der Waals surface area contributed by atoms with E-state index in [1.807, 2.05) is 0 Å². The largest absolute Gasteiger partial charge is 0.481 e. The van der Waals surface area contributed by atoms with E-state index in [1.165, 1.54) is 24.1 Å². The molecule has 5 nitrogen and oxygen atoms in total. The molecule has 2 N–H and O–H groups in total. The molecule has 0 aromatic heterocycles. The molecule has 0 aliphatic rings. The molecule has 8 heteroatoms. The number of hydrogen-bond donors (Lipinski definition) is 2. The van der Waals surface area contributed by atoms with E-state index in [-0.39, 0.29) is 19.5 Å². The molecule has 0 unspecified atom stereocenters. The third-order valence-electron chi connectivity index (χ3n) is 3.68. The summed E-state index contributed by atoms with van der Waals surface area (Å²) >= 11 is 0. The van der Waals surface area contributed by atoms with Crippen LogP contribution in [0.15, 0.2) is 24.3 Å². The predicted octanol–water partition coefficient (Wildman–Crippen LogP) is 3.10. The van der Waals surface area contributed by atoms with Crippen molar-refractivity contribution in [1.29, 1.82) is 0 Å². The van der Waals surface area contributed by atoms with Gasteiger partial charge in [0.2, 0.25) is 0 Å². The fourth-order valence-electron chi connectivity index (χ4n) is 2.01. The number of carbonyl (C=O) groups excluding carboxylic acids is 1. The quantitative estimate of drug-likeness (QED) is 0.832. The number of nitrogens with one attached hydrogen (secondary N) is 1. The van der Waals surface area contributed by atoms with Crippen LogP contribution in [0.1, 0.15) is 31.4 Å². The number of hydrogen-bond acceptors (Lipinski definition) is 2. The van der Waals surface area contributed by atoms with Crippen LogP contribution in [0.2, 0.25) is 0 Å². The van der Waals surface area contributed by atoms with E-state index in [0.29, 0.717) is 5.56 Å². The number of urea groups is 1. The van der Waals surface area contributed by atoms with Crippen LogP contribution in [0.5, 0.6) is 0 Å². The summed E-state index contributed by atoms with van der Waals surface area (Å²) in [6.07, 6.45) is -4.55. The van der Waals surface area contributed by atoms with Gasteiger partial charge in [0, 0.05) is 25.6 Å². The van der Waals surface area contributed by atoms with Crippen LogP contribution in [0.4, 0.5) is 18.0 Å². The van der Waals surface area contributed by atoms with E-state index in [1.54, 1.807) is 13.8 Å². The normalized spacial score (nSPS) is 11.9. The van der Waals surface area contributed by atoms with Crippen LogP contribution in [0, 0.1) is 0 Å². The van der Waals surface area contributed by atoms with Gasteiger partial charge in [-0.2, -0.15) is 13.2 Å². The Bertz CT molecular complexity index is 583. The van der Waals surface area contributed by atoms with Crippen LogP contribution in [0.25, 0.3) is 0 Å². The molecule has 24 heavy (non-hydrogen) atoms. The highest BCUT2D eigenvalue weighted by Gasteiger charge is 2.31. The lowest BCUT2D eigenvalue weighted by atomic mass is 9.84. The first-order valence-corrected chi connectivity index (χ1v) is 7.32. The van der Waals surface area contributed by atoms with Gasteiger partial charge in [-0.15, -0.1) is 0 Å². The molecule has 0 saturated carbocycles. The van der Waals surface area contributed by atoms with Gasteiger partial charge in [-0.05, 0) is 17.7 Å². The third-order valence-corrected chi connectivity index (χ3v) is 3.68. The summed E-state index contributed by atoms with van der Waals surface area (Å²) in [5, 5.41) is 11.3. The molecule has 1 aromatic rings. The lowest BCUT2D eigenvalue weighted by molar-refractivity contribution is -0.138. The minimum absolute atomic E-state index is 0.0713. The Balaban J connectivity index is 2.66. The van der Waals surface area contributed by atoms with E-state index in [0.717, 1.165) is 12.1 Å². The summed E-state index contributed by atoms with van der Waals surface area (Å²) in [6.45, 7) is 3.87.